The Morgan fingerprint density at radius 1 is 1.35 bits per heavy atom. The van der Waals surface area contributed by atoms with Crippen LogP contribution in [0.5, 0.6) is 0 Å². The van der Waals surface area contributed by atoms with Crippen LogP contribution in [0.1, 0.15) is 29.8 Å². The molecule has 5 nitrogen and oxygen atoms in total. The monoisotopic (exact) mass is 282 g/mol. The number of carbonyl (C=O) groups is 2. The van der Waals surface area contributed by atoms with Gasteiger partial charge in [0.05, 0.1) is 6.61 Å². The molecule has 0 aromatic heterocycles. The van der Waals surface area contributed by atoms with E-state index in [1.54, 1.807) is 13.8 Å². The number of esters is 1. The molecule has 110 valence electrons. The summed E-state index contributed by atoms with van der Waals surface area (Å²) in [6.07, 6.45) is 0. The molecule has 0 aliphatic rings. The highest BCUT2D eigenvalue weighted by Gasteiger charge is 2.19. The molecule has 2 N–H and O–H groups in total. The molecule has 1 aromatic carbocycles. The van der Waals surface area contributed by atoms with E-state index in [9.17, 15) is 14.0 Å². The highest BCUT2D eigenvalue weighted by molar-refractivity contribution is 5.96. The minimum absolute atomic E-state index is 0.122. The van der Waals surface area contributed by atoms with Crippen LogP contribution in [0.25, 0.3) is 0 Å². The Hall–Kier alpha value is -2.11. The van der Waals surface area contributed by atoms with E-state index < -0.39 is 17.7 Å². The number of benzene rings is 1. The minimum Gasteiger partial charge on any atom is -0.465 e. The molecule has 0 aliphatic heterocycles. The Morgan fingerprint density at radius 2 is 2.00 bits per heavy atom. The molecule has 1 amide bonds. The molecule has 0 bridgehead atoms. The number of amides is 1. The molecule has 0 atom stereocenters. The standard InChI is InChI=1S/C14H19FN2O3/c1-4-17(8-13(18)20-5-2)14(19)10-6-11(15)9(3)12(16)7-10/h6-7H,4-5,8,16H2,1-3H3. The first-order valence-corrected chi connectivity index (χ1v) is 6.41. The van der Waals surface area contributed by atoms with Crippen LogP contribution >= 0.6 is 0 Å². The van der Waals surface area contributed by atoms with Gasteiger partial charge in [-0.2, -0.15) is 0 Å². The van der Waals surface area contributed by atoms with E-state index in [1.807, 2.05) is 0 Å². The third kappa shape index (κ3) is 3.69. The van der Waals surface area contributed by atoms with Gasteiger partial charge in [0, 0.05) is 23.4 Å². The van der Waals surface area contributed by atoms with Gasteiger partial charge in [-0.1, -0.05) is 0 Å². The van der Waals surface area contributed by atoms with Gasteiger partial charge in [-0.15, -0.1) is 0 Å². The molecular formula is C14H19FN2O3. The van der Waals surface area contributed by atoms with Gasteiger partial charge in [-0.3, -0.25) is 9.59 Å². The fourth-order valence-corrected chi connectivity index (χ4v) is 1.70. The van der Waals surface area contributed by atoms with Crippen LogP contribution in [0.4, 0.5) is 10.1 Å². The summed E-state index contributed by atoms with van der Waals surface area (Å²) in [6.45, 7) is 5.34. The predicted octanol–water partition coefficient (Wildman–Crippen LogP) is 1.74. The Kier molecular flexibility index (Phi) is 5.49. The van der Waals surface area contributed by atoms with Crippen molar-refractivity contribution in [3.63, 3.8) is 0 Å². The zero-order valence-electron chi connectivity index (χ0n) is 11.9. The van der Waals surface area contributed by atoms with Gasteiger partial charge in [0.25, 0.3) is 5.91 Å². The molecule has 20 heavy (non-hydrogen) atoms. The second kappa shape index (κ2) is 6.88. The Bertz CT molecular complexity index is 494. The van der Waals surface area contributed by atoms with E-state index in [4.69, 9.17) is 10.5 Å². The average molecular weight is 282 g/mol. The quantitative estimate of drug-likeness (QED) is 0.659. The van der Waals surface area contributed by atoms with E-state index in [0.717, 1.165) is 6.07 Å². The summed E-state index contributed by atoms with van der Waals surface area (Å²) < 4.78 is 18.4. The van der Waals surface area contributed by atoms with Crippen molar-refractivity contribution in [1.29, 1.82) is 0 Å². The molecule has 0 saturated carbocycles. The number of halogens is 1. The van der Waals surface area contributed by atoms with Crippen LogP contribution in [-0.2, 0) is 9.53 Å². The number of hydrogen-bond donors (Lipinski definition) is 1. The summed E-state index contributed by atoms with van der Waals surface area (Å²) in [6, 6.07) is 2.54. The van der Waals surface area contributed by atoms with Crippen molar-refractivity contribution in [2.24, 2.45) is 0 Å². The first-order chi connectivity index (χ1) is 9.40. The largest absolute Gasteiger partial charge is 0.465 e. The number of likely N-dealkylation sites (N-methyl/N-ethyl adjacent to an activating group) is 1. The van der Waals surface area contributed by atoms with E-state index >= 15 is 0 Å². The van der Waals surface area contributed by atoms with Crippen molar-refractivity contribution >= 4 is 17.6 Å². The molecule has 0 aliphatic carbocycles. The summed E-state index contributed by atoms with van der Waals surface area (Å²) in [5, 5.41) is 0. The van der Waals surface area contributed by atoms with Crippen LogP contribution in [0.3, 0.4) is 0 Å². The molecule has 0 saturated heterocycles. The summed E-state index contributed by atoms with van der Waals surface area (Å²) in [7, 11) is 0. The summed E-state index contributed by atoms with van der Waals surface area (Å²) >= 11 is 0. The lowest BCUT2D eigenvalue weighted by Gasteiger charge is -2.20. The normalized spacial score (nSPS) is 10.2. The highest BCUT2D eigenvalue weighted by atomic mass is 19.1. The maximum Gasteiger partial charge on any atom is 0.325 e. The molecule has 0 heterocycles. The van der Waals surface area contributed by atoms with E-state index in [2.05, 4.69) is 0 Å². The van der Waals surface area contributed by atoms with Crippen molar-refractivity contribution in [1.82, 2.24) is 4.90 Å². The maximum absolute atomic E-state index is 13.6. The first-order valence-electron chi connectivity index (χ1n) is 6.41. The fraction of sp³-hybridized carbons (Fsp3) is 0.429. The number of ether oxygens (including phenoxy) is 1. The van der Waals surface area contributed by atoms with E-state index in [0.29, 0.717) is 12.1 Å². The zero-order chi connectivity index (χ0) is 15.3. The molecule has 1 rings (SSSR count). The Balaban J connectivity index is 2.94. The summed E-state index contributed by atoms with van der Waals surface area (Å²) in [5.41, 5.74) is 6.28. The van der Waals surface area contributed by atoms with Gasteiger partial charge in [0.1, 0.15) is 12.4 Å². The van der Waals surface area contributed by atoms with Crippen molar-refractivity contribution in [2.75, 3.05) is 25.4 Å². The second-order valence-corrected chi connectivity index (χ2v) is 4.30. The van der Waals surface area contributed by atoms with Crippen LogP contribution in [-0.4, -0.2) is 36.5 Å². The minimum atomic E-state index is -0.541. The third-order valence-corrected chi connectivity index (χ3v) is 2.93. The van der Waals surface area contributed by atoms with Gasteiger partial charge in [0.15, 0.2) is 0 Å². The number of nitrogens with zero attached hydrogens (tertiary/aromatic N) is 1. The van der Waals surface area contributed by atoms with E-state index in [1.165, 1.54) is 17.9 Å². The van der Waals surface area contributed by atoms with Crippen molar-refractivity contribution in [2.45, 2.75) is 20.8 Å². The maximum atomic E-state index is 13.6. The predicted molar refractivity (Wildman–Crippen MR) is 73.8 cm³/mol. The van der Waals surface area contributed by atoms with Gasteiger partial charge in [0.2, 0.25) is 0 Å². The lowest BCUT2D eigenvalue weighted by Crippen LogP contribution is -2.36. The van der Waals surface area contributed by atoms with Crippen molar-refractivity contribution < 1.29 is 18.7 Å². The second-order valence-electron chi connectivity index (χ2n) is 4.30. The molecule has 1 aromatic rings. The number of hydrogen-bond acceptors (Lipinski definition) is 4. The van der Waals surface area contributed by atoms with Crippen LogP contribution in [0, 0.1) is 12.7 Å². The number of anilines is 1. The van der Waals surface area contributed by atoms with Gasteiger partial charge < -0.3 is 15.4 Å². The average Bonchev–Trinajstić information content (AvgIpc) is 2.41. The number of rotatable bonds is 5. The zero-order valence-corrected chi connectivity index (χ0v) is 11.9. The Morgan fingerprint density at radius 3 is 2.50 bits per heavy atom. The lowest BCUT2D eigenvalue weighted by atomic mass is 10.1. The highest BCUT2D eigenvalue weighted by Crippen LogP contribution is 2.18. The van der Waals surface area contributed by atoms with Crippen LogP contribution in [0.15, 0.2) is 12.1 Å². The van der Waals surface area contributed by atoms with Crippen molar-refractivity contribution in [3.05, 3.63) is 29.1 Å². The SMILES string of the molecule is CCOC(=O)CN(CC)C(=O)c1cc(N)c(C)c(F)c1. The molecule has 6 heteroatoms. The van der Waals surface area contributed by atoms with Gasteiger partial charge in [-0.05, 0) is 32.9 Å². The van der Waals surface area contributed by atoms with Crippen molar-refractivity contribution in [3.8, 4) is 0 Å². The van der Waals surface area contributed by atoms with Crippen LogP contribution in [0.2, 0.25) is 0 Å². The van der Waals surface area contributed by atoms with Gasteiger partial charge in [-0.25, -0.2) is 4.39 Å². The molecular weight excluding hydrogens is 263 g/mol. The third-order valence-electron chi connectivity index (χ3n) is 2.93. The van der Waals surface area contributed by atoms with E-state index in [-0.39, 0.29) is 24.4 Å². The Labute approximate surface area is 117 Å². The first kappa shape index (κ1) is 15.9. The lowest BCUT2D eigenvalue weighted by molar-refractivity contribution is -0.143. The molecule has 0 fully saturated rings. The molecule has 0 unspecified atom stereocenters. The topological polar surface area (TPSA) is 72.6 Å². The molecule has 0 spiro atoms. The summed E-state index contributed by atoms with van der Waals surface area (Å²) in [5.74, 6) is -1.49. The fourth-order valence-electron chi connectivity index (χ4n) is 1.70. The number of carbonyl (C=O) groups excluding carboxylic acids is 2. The van der Waals surface area contributed by atoms with Gasteiger partial charge >= 0.3 is 5.97 Å². The summed E-state index contributed by atoms with van der Waals surface area (Å²) in [4.78, 5) is 24.9. The number of nitrogens with two attached hydrogens (primary N) is 1. The number of nitrogen functional groups attached to an aromatic ring is 1. The smallest absolute Gasteiger partial charge is 0.325 e. The molecule has 0 radical (unpaired) electrons. The van der Waals surface area contributed by atoms with Crippen LogP contribution < -0.4 is 5.73 Å².